The number of nitrogens with one attached hydrogen (secondary N) is 1. The van der Waals surface area contributed by atoms with Gasteiger partial charge >= 0.3 is 0 Å². The summed E-state index contributed by atoms with van der Waals surface area (Å²) in [4.78, 5) is 10.5. The van der Waals surface area contributed by atoms with Gasteiger partial charge in [0.15, 0.2) is 5.82 Å². The topological polar surface area (TPSA) is 93.3 Å². The first kappa shape index (κ1) is 22.6. The SMILES string of the molecule is O=[N+]([O-])c1ccc(C=NNc2nnc(-c3ccccc3)c(-c3ccccc3)c2-c2ccccc2)cc1. The van der Waals surface area contributed by atoms with Crippen molar-refractivity contribution in [1.29, 1.82) is 0 Å². The summed E-state index contributed by atoms with van der Waals surface area (Å²) in [5, 5.41) is 24.4. The predicted octanol–water partition coefficient (Wildman–Crippen LogP) is 6.83. The highest BCUT2D eigenvalue weighted by Crippen LogP contribution is 2.41. The standard InChI is InChI=1S/C29H21N5O2/c35-34(36)25-18-16-21(17-19-25)20-30-32-29-27(23-12-6-2-7-13-23)26(22-10-4-1-5-11-22)28(31-33-29)24-14-8-3-9-15-24/h1-20H,(H,32,33). The molecule has 5 aromatic rings. The van der Waals surface area contributed by atoms with Crippen LogP contribution < -0.4 is 5.43 Å². The van der Waals surface area contributed by atoms with Gasteiger partial charge in [0, 0.05) is 28.8 Å². The van der Waals surface area contributed by atoms with E-state index in [4.69, 9.17) is 0 Å². The van der Waals surface area contributed by atoms with Crippen LogP contribution in [0.1, 0.15) is 5.56 Å². The quantitative estimate of drug-likeness (QED) is 0.159. The first-order valence-electron chi connectivity index (χ1n) is 11.3. The number of nitro groups is 1. The van der Waals surface area contributed by atoms with E-state index < -0.39 is 4.92 Å². The lowest BCUT2D eigenvalue weighted by atomic mass is 9.91. The van der Waals surface area contributed by atoms with Gasteiger partial charge in [-0.05, 0) is 28.8 Å². The molecule has 7 nitrogen and oxygen atoms in total. The van der Waals surface area contributed by atoms with Crippen molar-refractivity contribution < 1.29 is 4.92 Å². The van der Waals surface area contributed by atoms with Crippen molar-refractivity contribution in [1.82, 2.24) is 10.2 Å². The Balaban J connectivity index is 1.63. The molecule has 0 aliphatic rings. The van der Waals surface area contributed by atoms with Crippen molar-refractivity contribution in [2.75, 3.05) is 5.43 Å². The maximum absolute atomic E-state index is 10.9. The van der Waals surface area contributed by atoms with Crippen LogP contribution in [-0.2, 0) is 0 Å². The summed E-state index contributed by atoms with van der Waals surface area (Å²) in [6, 6.07) is 36.2. The van der Waals surface area contributed by atoms with Crippen LogP contribution in [0.15, 0.2) is 120 Å². The van der Waals surface area contributed by atoms with E-state index in [-0.39, 0.29) is 5.69 Å². The van der Waals surface area contributed by atoms with Crippen molar-refractivity contribution in [3.8, 4) is 33.5 Å². The second kappa shape index (κ2) is 10.4. The zero-order valence-corrected chi connectivity index (χ0v) is 19.2. The molecule has 0 bridgehead atoms. The maximum Gasteiger partial charge on any atom is 0.269 e. The van der Waals surface area contributed by atoms with Gasteiger partial charge in [0.2, 0.25) is 0 Å². The molecular weight excluding hydrogens is 450 g/mol. The van der Waals surface area contributed by atoms with E-state index in [1.54, 1.807) is 18.3 Å². The summed E-state index contributed by atoms with van der Waals surface area (Å²) in [5.74, 6) is 0.498. The van der Waals surface area contributed by atoms with Crippen molar-refractivity contribution in [2.45, 2.75) is 0 Å². The lowest BCUT2D eigenvalue weighted by molar-refractivity contribution is -0.384. The van der Waals surface area contributed by atoms with Crippen LogP contribution in [0.5, 0.6) is 0 Å². The van der Waals surface area contributed by atoms with Gasteiger partial charge in [-0.25, -0.2) is 0 Å². The van der Waals surface area contributed by atoms with Gasteiger partial charge < -0.3 is 0 Å². The third-order valence-corrected chi connectivity index (χ3v) is 5.63. The van der Waals surface area contributed by atoms with Gasteiger partial charge in [0.25, 0.3) is 5.69 Å². The fraction of sp³-hybridized carbons (Fsp3) is 0. The molecule has 174 valence electrons. The molecule has 0 aliphatic heterocycles. The first-order valence-corrected chi connectivity index (χ1v) is 11.3. The van der Waals surface area contributed by atoms with E-state index in [0.717, 1.165) is 33.5 Å². The van der Waals surface area contributed by atoms with E-state index in [1.165, 1.54) is 12.1 Å². The summed E-state index contributed by atoms with van der Waals surface area (Å²) < 4.78 is 0. The highest BCUT2D eigenvalue weighted by Gasteiger charge is 2.20. The first-order chi connectivity index (χ1) is 17.7. The van der Waals surface area contributed by atoms with E-state index in [9.17, 15) is 10.1 Å². The van der Waals surface area contributed by atoms with Crippen LogP contribution in [0, 0.1) is 10.1 Å². The third kappa shape index (κ3) is 4.85. The molecule has 7 heteroatoms. The molecule has 4 aromatic carbocycles. The van der Waals surface area contributed by atoms with Gasteiger partial charge in [0.05, 0.1) is 11.1 Å². The number of anilines is 1. The molecule has 0 aliphatic carbocycles. The number of hydrogen-bond donors (Lipinski definition) is 1. The number of non-ortho nitro benzene ring substituents is 1. The number of benzene rings is 4. The summed E-state index contributed by atoms with van der Waals surface area (Å²) >= 11 is 0. The summed E-state index contributed by atoms with van der Waals surface area (Å²) in [5.41, 5.74) is 9.31. The van der Waals surface area contributed by atoms with Crippen molar-refractivity contribution in [2.24, 2.45) is 5.10 Å². The molecule has 0 saturated carbocycles. The van der Waals surface area contributed by atoms with E-state index in [1.807, 2.05) is 78.9 Å². The third-order valence-electron chi connectivity index (χ3n) is 5.63. The molecule has 0 fully saturated rings. The number of aromatic nitrogens is 2. The Bertz CT molecular complexity index is 1500. The minimum Gasteiger partial charge on any atom is -0.259 e. The second-order valence-electron chi connectivity index (χ2n) is 7.96. The lowest BCUT2D eigenvalue weighted by Gasteiger charge is -2.17. The molecule has 1 aromatic heterocycles. The van der Waals surface area contributed by atoms with E-state index in [2.05, 4.69) is 32.9 Å². The zero-order valence-electron chi connectivity index (χ0n) is 19.2. The number of rotatable bonds is 7. The Morgan fingerprint density at radius 2 is 1.19 bits per heavy atom. The Morgan fingerprint density at radius 3 is 1.75 bits per heavy atom. The average molecular weight is 472 g/mol. The summed E-state index contributed by atoms with van der Waals surface area (Å²) in [6.45, 7) is 0. The van der Waals surface area contributed by atoms with Gasteiger partial charge in [-0.15, -0.1) is 10.2 Å². The second-order valence-corrected chi connectivity index (χ2v) is 7.96. The monoisotopic (exact) mass is 471 g/mol. The van der Waals surface area contributed by atoms with Crippen molar-refractivity contribution in [3.05, 3.63) is 131 Å². The minimum absolute atomic E-state index is 0.0290. The average Bonchev–Trinajstić information content (AvgIpc) is 2.94. The molecule has 0 amide bonds. The van der Waals surface area contributed by atoms with Gasteiger partial charge in [-0.3, -0.25) is 15.5 Å². The minimum atomic E-state index is -0.430. The zero-order chi connectivity index (χ0) is 24.7. The van der Waals surface area contributed by atoms with Crippen LogP contribution in [0.25, 0.3) is 33.5 Å². The van der Waals surface area contributed by atoms with Gasteiger partial charge in [-0.2, -0.15) is 5.10 Å². The Morgan fingerprint density at radius 1 is 0.667 bits per heavy atom. The molecule has 0 saturated heterocycles. The molecule has 36 heavy (non-hydrogen) atoms. The largest absolute Gasteiger partial charge is 0.269 e. The predicted molar refractivity (Wildman–Crippen MR) is 143 cm³/mol. The lowest BCUT2D eigenvalue weighted by Crippen LogP contribution is -2.03. The van der Waals surface area contributed by atoms with Crippen LogP contribution in [0.2, 0.25) is 0 Å². The highest BCUT2D eigenvalue weighted by atomic mass is 16.6. The van der Waals surface area contributed by atoms with Gasteiger partial charge in [-0.1, -0.05) is 91.0 Å². The summed E-state index contributed by atoms with van der Waals surface area (Å²) in [7, 11) is 0. The normalized spacial score (nSPS) is 10.9. The van der Waals surface area contributed by atoms with Crippen LogP contribution in [0.3, 0.4) is 0 Å². The molecule has 0 atom stereocenters. The fourth-order valence-corrected chi connectivity index (χ4v) is 3.93. The van der Waals surface area contributed by atoms with Crippen molar-refractivity contribution >= 4 is 17.7 Å². The molecular formula is C29H21N5O2. The van der Waals surface area contributed by atoms with Crippen LogP contribution in [0.4, 0.5) is 11.5 Å². The van der Waals surface area contributed by atoms with E-state index >= 15 is 0 Å². The van der Waals surface area contributed by atoms with Gasteiger partial charge in [0.1, 0.15) is 5.69 Å². The molecule has 0 spiro atoms. The maximum atomic E-state index is 10.9. The van der Waals surface area contributed by atoms with Crippen molar-refractivity contribution in [3.63, 3.8) is 0 Å². The Kier molecular flexibility index (Phi) is 6.53. The molecule has 5 rings (SSSR count). The smallest absolute Gasteiger partial charge is 0.259 e. The van der Waals surface area contributed by atoms with E-state index in [0.29, 0.717) is 11.4 Å². The fourth-order valence-electron chi connectivity index (χ4n) is 3.93. The highest BCUT2D eigenvalue weighted by molar-refractivity contribution is 5.97. The molecule has 0 radical (unpaired) electrons. The Hall–Kier alpha value is -5.17. The summed E-state index contributed by atoms with van der Waals surface area (Å²) in [6.07, 6.45) is 1.59. The number of nitro benzene ring substituents is 1. The molecule has 1 N–H and O–H groups in total. The molecule has 0 unspecified atom stereocenters. The number of hydrogen-bond acceptors (Lipinski definition) is 6. The van der Waals surface area contributed by atoms with Crippen LogP contribution in [-0.4, -0.2) is 21.3 Å². The van der Waals surface area contributed by atoms with Crippen LogP contribution >= 0.6 is 0 Å². The number of nitrogens with zero attached hydrogens (tertiary/aromatic N) is 4. The number of hydrazone groups is 1. The molecule has 1 heterocycles. The Labute approximate surface area is 208 Å².